The first-order chi connectivity index (χ1) is 12.8. The zero-order valence-electron chi connectivity index (χ0n) is 14.2. The second kappa shape index (κ2) is 7.65. The predicted molar refractivity (Wildman–Crippen MR) is 91.3 cm³/mol. The Kier molecular flexibility index (Phi) is 5.29. The second-order valence-electron chi connectivity index (χ2n) is 5.96. The Balaban J connectivity index is 1.72. The monoisotopic (exact) mass is 377 g/mol. The minimum absolute atomic E-state index is 0.0238. The lowest BCUT2D eigenvalue weighted by Crippen LogP contribution is -2.12. The van der Waals surface area contributed by atoms with Gasteiger partial charge in [-0.3, -0.25) is 4.98 Å². The molecule has 9 heteroatoms. The number of pyridine rings is 1. The number of halogens is 4. The Morgan fingerprint density at radius 1 is 1.04 bits per heavy atom. The van der Waals surface area contributed by atoms with Gasteiger partial charge in [0.25, 0.3) is 0 Å². The summed E-state index contributed by atoms with van der Waals surface area (Å²) in [5.74, 6) is 0.236. The van der Waals surface area contributed by atoms with Crippen LogP contribution in [0.4, 0.5) is 23.4 Å². The highest BCUT2D eigenvalue weighted by atomic mass is 19.4. The molecule has 0 bridgehead atoms. The van der Waals surface area contributed by atoms with Gasteiger partial charge in [-0.15, -0.1) is 10.2 Å². The van der Waals surface area contributed by atoms with Gasteiger partial charge in [0.05, 0.1) is 18.7 Å². The van der Waals surface area contributed by atoms with Gasteiger partial charge in [0.2, 0.25) is 0 Å². The molecule has 1 atom stereocenters. The molecule has 0 saturated carbocycles. The summed E-state index contributed by atoms with van der Waals surface area (Å²) in [5.41, 5.74) is 1.23. The molecule has 0 aliphatic carbocycles. The van der Waals surface area contributed by atoms with E-state index in [2.05, 4.69) is 25.5 Å². The van der Waals surface area contributed by atoms with Crippen molar-refractivity contribution in [2.75, 3.05) is 5.32 Å². The molecule has 1 N–H and O–H groups in total. The van der Waals surface area contributed by atoms with Gasteiger partial charge in [-0.2, -0.15) is 13.2 Å². The maximum atomic E-state index is 13.0. The van der Waals surface area contributed by atoms with Crippen molar-refractivity contribution in [3.05, 3.63) is 65.9 Å². The van der Waals surface area contributed by atoms with E-state index in [1.165, 1.54) is 30.6 Å². The Morgan fingerprint density at radius 3 is 2.41 bits per heavy atom. The lowest BCUT2D eigenvalue weighted by Gasteiger charge is -2.14. The van der Waals surface area contributed by atoms with Crippen LogP contribution in [0.15, 0.2) is 48.9 Å². The molecule has 0 spiro atoms. The van der Waals surface area contributed by atoms with Crippen molar-refractivity contribution in [1.29, 1.82) is 0 Å². The topological polar surface area (TPSA) is 63.6 Å². The molecule has 0 aliphatic heterocycles. The highest BCUT2D eigenvalue weighted by Gasteiger charge is 2.28. The highest BCUT2D eigenvalue weighted by molar-refractivity contribution is 5.54. The molecule has 0 saturated heterocycles. The van der Waals surface area contributed by atoms with E-state index >= 15 is 0 Å². The lowest BCUT2D eigenvalue weighted by molar-refractivity contribution is -0.127. The molecule has 0 aliphatic rings. The molecule has 3 rings (SSSR count). The number of alkyl halides is 3. The lowest BCUT2D eigenvalue weighted by atomic mass is 10.1. The molecular weight excluding hydrogens is 362 g/mol. The third-order valence-corrected chi connectivity index (χ3v) is 3.75. The maximum absolute atomic E-state index is 13.0. The van der Waals surface area contributed by atoms with Crippen LogP contribution in [-0.4, -0.2) is 26.3 Å². The predicted octanol–water partition coefficient (Wildman–Crippen LogP) is 4.35. The number of rotatable bonds is 5. The number of anilines is 1. The van der Waals surface area contributed by atoms with Crippen LogP contribution in [0.1, 0.15) is 24.1 Å². The SMILES string of the molecule is C[C@@H](Nc1cnc(-c2cncc(CC(F)(F)F)c2)nn1)c1ccc(F)cc1. The van der Waals surface area contributed by atoms with E-state index in [-0.39, 0.29) is 23.2 Å². The van der Waals surface area contributed by atoms with E-state index in [1.807, 2.05) is 6.92 Å². The van der Waals surface area contributed by atoms with Gasteiger partial charge in [0, 0.05) is 18.0 Å². The van der Waals surface area contributed by atoms with Crippen molar-refractivity contribution < 1.29 is 17.6 Å². The third-order valence-electron chi connectivity index (χ3n) is 3.75. The average Bonchev–Trinajstić information content (AvgIpc) is 2.61. The van der Waals surface area contributed by atoms with E-state index in [1.54, 1.807) is 12.1 Å². The fourth-order valence-corrected chi connectivity index (χ4v) is 2.47. The summed E-state index contributed by atoms with van der Waals surface area (Å²) in [6.45, 7) is 1.87. The van der Waals surface area contributed by atoms with Gasteiger partial charge in [0.15, 0.2) is 11.6 Å². The van der Waals surface area contributed by atoms with Crippen molar-refractivity contribution in [2.45, 2.75) is 25.6 Å². The quantitative estimate of drug-likeness (QED) is 0.670. The van der Waals surface area contributed by atoms with Crippen LogP contribution in [0.2, 0.25) is 0 Å². The summed E-state index contributed by atoms with van der Waals surface area (Å²) >= 11 is 0. The first kappa shape index (κ1) is 18.7. The Morgan fingerprint density at radius 2 is 1.78 bits per heavy atom. The smallest absolute Gasteiger partial charge is 0.361 e. The van der Waals surface area contributed by atoms with Crippen LogP contribution in [0.3, 0.4) is 0 Å². The van der Waals surface area contributed by atoms with E-state index in [0.717, 1.165) is 11.8 Å². The summed E-state index contributed by atoms with van der Waals surface area (Å²) in [6.07, 6.45) is -1.42. The van der Waals surface area contributed by atoms with Crippen LogP contribution in [-0.2, 0) is 6.42 Å². The molecular formula is C18H15F4N5. The number of nitrogens with zero attached hydrogens (tertiary/aromatic N) is 4. The first-order valence-electron chi connectivity index (χ1n) is 8.03. The van der Waals surface area contributed by atoms with E-state index in [4.69, 9.17) is 0 Å². The van der Waals surface area contributed by atoms with Crippen molar-refractivity contribution in [2.24, 2.45) is 0 Å². The van der Waals surface area contributed by atoms with Crippen molar-refractivity contribution >= 4 is 5.82 Å². The minimum Gasteiger partial charge on any atom is -0.361 e. The normalized spacial score (nSPS) is 12.6. The molecule has 0 unspecified atom stereocenters. The zero-order valence-corrected chi connectivity index (χ0v) is 14.2. The molecule has 27 heavy (non-hydrogen) atoms. The van der Waals surface area contributed by atoms with Gasteiger partial charge in [-0.05, 0) is 36.2 Å². The summed E-state index contributed by atoms with van der Waals surface area (Å²) in [7, 11) is 0. The zero-order chi connectivity index (χ0) is 19.4. The van der Waals surface area contributed by atoms with E-state index in [0.29, 0.717) is 11.4 Å². The van der Waals surface area contributed by atoms with Crippen LogP contribution in [0.25, 0.3) is 11.4 Å². The Bertz CT molecular complexity index is 895. The molecule has 2 heterocycles. The van der Waals surface area contributed by atoms with Crippen LogP contribution >= 0.6 is 0 Å². The van der Waals surface area contributed by atoms with Crippen molar-refractivity contribution in [1.82, 2.24) is 20.2 Å². The fourth-order valence-electron chi connectivity index (χ4n) is 2.47. The van der Waals surface area contributed by atoms with Crippen LogP contribution in [0.5, 0.6) is 0 Å². The fraction of sp³-hybridized carbons (Fsp3) is 0.222. The van der Waals surface area contributed by atoms with E-state index in [9.17, 15) is 17.6 Å². The Labute approximate surface area is 152 Å². The molecule has 5 nitrogen and oxygen atoms in total. The van der Waals surface area contributed by atoms with E-state index < -0.39 is 12.6 Å². The molecule has 0 fully saturated rings. The van der Waals surface area contributed by atoms with Gasteiger partial charge >= 0.3 is 6.18 Å². The average molecular weight is 377 g/mol. The molecule has 1 aromatic carbocycles. The largest absolute Gasteiger partial charge is 0.393 e. The number of benzene rings is 1. The summed E-state index contributed by atoms with van der Waals surface area (Å²) in [4.78, 5) is 7.94. The highest BCUT2D eigenvalue weighted by Crippen LogP contribution is 2.23. The summed E-state index contributed by atoms with van der Waals surface area (Å²) in [5, 5.41) is 11.0. The second-order valence-corrected chi connectivity index (χ2v) is 5.96. The molecule has 140 valence electrons. The number of hydrogen-bond acceptors (Lipinski definition) is 5. The number of hydrogen-bond donors (Lipinski definition) is 1. The Hall–Kier alpha value is -3.10. The van der Waals surface area contributed by atoms with Gasteiger partial charge in [0.1, 0.15) is 5.82 Å². The van der Waals surface area contributed by atoms with Gasteiger partial charge in [-0.25, -0.2) is 9.37 Å². The molecule has 2 aromatic heterocycles. The summed E-state index contributed by atoms with van der Waals surface area (Å²) in [6, 6.07) is 7.21. The van der Waals surface area contributed by atoms with Crippen LogP contribution < -0.4 is 5.32 Å². The van der Waals surface area contributed by atoms with Crippen molar-refractivity contribution in [3.8, 4) is 11.4 Å². The standard InChI is InChI=1S/C18H15F4N5/c1-11(13-2-4-15(19)5-3-13)25-16-10-24-17(27-26-16)14-6-12(8-23-9-14)7-18(20,21)22/h2-6,8-11H,7H2,1H3,(H,25,26)/t11-/m1/s1. The summed E-state index contributed by atoms with van der Waals surface area (Å²) < 4.78 is 50.5. The first-order valence-corrected chi connectivity index (χ1v) is 8.03. The molecule has 0 radical (unpaired) electrons. The minimum atomic E-state index is -4.32. The molecule has 0 amide bonds. The van der Waals surface area contributed by atoms with Crippen LogP contribution in [0, 0.1) is 5.82 Å². The van der Waals surface area contributed by atoms with Gasteiger partial charge < -0.3 is 5.32 Å². The third kappa shape index (κ3) is 5.19. The number of aromatic nitrogens is 4. The molecule has 3 aromatic rings. The number of nitrogens with one attached hydrogen (secondary N) is 1. The van der Waals surface area contributed by atoms with Gasteiger partial charge in [-0.1, -0.05) is 12.1 Å². The maximum Gasteiger partial charge on any atom is 0.393 e. The van der Waals surface area contributed by atoms with Crippen molar-refractivity contribution in [3.63, 3.8) is 0 Å².